The van der Waals surface area contributed by atoms with Gasteiger partial charge in [0, 0.05) is 130 Å². The minimum atomic E-state index is -0.872. The Hall–Kier alpha value is -18.5. The number of carbonyl (C=O) groups is 8. The minimum Gasteiger partial charge on any atom is -0.309 e. The highest BCUT2D eigenvalue weighted by molar-refractivity contribution is 6.25. The summed E-state index contributed by atoms with van der Waals surface area (Å²) in [5, 5.41) is 10.8. The third-order valence-corrected chi connectivity index (χ3v) is 33.5. The van der Waals surface area contributed by atoms with Crippen LogP contribution in [-0.4, -0.2) is 109 Å². The number of allylic oxidation sites excluding steroid dienone is 11. The van der Waals surface area contributed by atoms with E-state index in [9.17, 15) is 14.4 Å². The van der Waals surface area contributed by atoms with Crippen molar-refractivity contribution in [3.8, 4) is 78.4 Å². The molecule has 4 aromatic heterocycles. The number of nitrogens with zero attached hydrogens (tertiary/aromatic N) is 8. The van der Waals surface area contributed by atoms with Gasteiger partial charge in [-0.25, -0.2) is 0 Å². The first kappa shape index (κ1) is 86.9. The van der Waals surface area contributed by atoms with E-state index in [1.54, 1.807) is 6.08 Å². The Balaban J connectivity index is 0.628. The normalized spacial score (nSPS) is 18.8. The van der Waals surface area contributed by atoms with Gasteiger partial charge in [-0.05, 0) is 334 Å². The lowest BCUT2D eigenvalue weighted by Gasteiger charge is -2.47. The second-order valence-electron chi connectivity index (χ2n) is 42.5. The van der Waals surface area contributed by atoms with E-state index in [1.807, 2.05) is 116 Å². The number of aromatic nitrogens is 4. The van der Waals surface area contributed by atoms with Crippen LogP contribution in [0.2, 0.25) is 0 Å². The molecule has 16 heteroatoms. The van der Waals surface area contributed by atoms with Crippen LogP contribution in [0, 0.1) is 17.8 Å². The van der Waals surface area contributed by atoms with Crippen molar-refractivity contribution in [1.82, 2.24) is 37.9 Å². The number of rotatable bonds is 14. The Morgan fingerprint density at radius 2 is 0.640 bits per heavy atom. The fourth-order valence-electron chi connectivity index (χ4n) is 27.1. The Bertz CT molecular complexity index is 10000. The van der Waals surface area contributed by atoms with Crippen LogP contribution < -0.4 is 10.4 Å². The highest BCUT2D eigenvalue weighted by Crippen LogP contribution is 2.60. The van der Waals surface area contributed by atoms with Crippen LogP contribution in [-0.2, 0) is 33.6 Å². The van der Waals surface area contributed by atoms with Gasteiger partial charge in [-0.2, -0.15) is 0 Å². The maximum Gasteiger partial charge on any atom is 0.261 e. The number of hydrogen-bond acceptors (Lipinski definition) is 8. The van der Waals surface area contributed by atoms with Crippen molar-refractivity contribution >= 4 is 151 Å². The number of fused-ring (bicyclic) bond motifs is 13. The molecule has 4 atom stereocenters. The molecule has 8 amide bonds. The molecule has 4 unspecified atom stereocenters. The summed E-state index contributed by atoms with van der Waals surface area (Å²) in [7, 11) is 0. The van der Waals surface area contributed by atoms with Crippen LogP contribution in [0.15, 0.2) is 431 Å². The van der Waals surface area contributed by atoms with Gasteiger partial charge in [0.05, 0.1) is 61.5 Å². The second kappa shape index (κ2) is 31.5. The maximum absolute atomic E-state index is 16.0. The van der Waals surface area contributed by atoms with E-state index in [0.29, 0.717) is 61.3 Å². The minimum absolute atomic E-state index is 0.298. The summed E-state index contributed by atoms with van der Waals surface area (Å²) < 4.78 is 9.47. The highest BCUT2D eigenvalue weighted by Gasteiger charge is 2.55. The molecule has 150 heavy (non-hydrogen) atoms. The predicted octanol–water partition coefficient (Wildman–Crippen LogP) is 25.4. The summed E-state index contributed by atoms with van der Waals surface area (Å²) in [6.45, 7) is 14.9. The van der Waals surface area contributed by atoms with Gasteiger partial charge in [0.2, 0.25) is 11.8 Å². The number of hydrogen-bond donors (Lipinski definition) is 0. The molecule has 0 bridgehead atoms. The average molecular weight is 1940 g/mol. The molecule has 16 nitrogen and oxygen atoms in total. The predicted molar refractivity (Wildman–Crippen MR) is 593 cm³/mol. The van der Waals surface area contributed by atoms with Crippen LogP contribution in [0.4, 0.5) is 0 Å². The molecule has 14 aromatic carbocycles. The number of imide groups is 4. The topological polar surface area (TPSA) is 169 Å². The number of benzene rings is 14. The highest BCUT2D eigenvalue weighted by atomic mass is 16.2. The molecule has 30 rings (SSSR count). The van der Waals surface area contributed by atoms with E-state index in [-0.39, 0.29) is 47.4 Å². The molecule has 8 heterocycles. The van der Waals surface area contributed by atoms with Gasteiger partial charge in [0.25, 0.3) is 35.4 Å². The van der Waals surface area contributed by atoms with E-state index in [4.69, 9.17) is 0 Å². The second-order valence-corrected chi connectivity index (χ2v) is 42.5. The fraction of sp³-hybridized carbons (Fsp3) is 0.119. The first-order valence-electron chi connectivity index (χ1n) is 51.8. The summed E-state index contributed by atoms with van der Waals surface area (Å²) in [5.41, 5.74) is 32.9. The number of amides is 8. The molecule has 0 fully saturated rings. The first-order valence-corrected chi connectivity index (χ1v) is 51.8. The molecule has 12 aliphatic rings. The monoisotopic (exact) mass is 1940 g/mol. The van der Waals surface area contributed by atoms with Gasteiger partial charge in [-0.3, -0.25) is 58.0 Å². The van der Waals surface area contributed by atoms with Crippen molar-refractivity contribution in [2.24, 2.45) is 17.8 Å². The van der Waals surface area contributed by atoms with Gasteiger partial charge in [-0.1, -0.05) is 218 Å². The Labute approximate surface area is 861 Å². The molecule has 8 aliphatic carbocycles. The van der Waals surface area contributed by atoms with Crippen LogP contribution in [0.3, 0.4) is 0 Å². The molecule has 716 valence electrons. The molecule has 18 aromatic rings. The van der Waals surface area contributed by atoms with Gasteiger partial charge in [0.1, 0.15) is 0 Å². The number of para-hydroxylation sites is 6. The van der Waals surface area contributed by atoms with Crippen molar-refractivity contribution in [3.63, 3.8) is 0 Å². The van der Waals surface area contributed by atoms with Gasteiger partial charge < -0.3 is 18.3 Å². The summed E-state index contributed by atoms with van der Waals surface area (Å²) in [5.74, 6) is -5.59. The maximum atomic E-state index is 16.0. The van der Waals surface area contributed by atoms with E-state index >= 15 is 24.0 Å². The Morgan fingerprint density at radius 1 is 0.260 bits per heavy atom. The Kier molecular flexibility index (Phi) is 18.2. The fourth-order valence-corrected chi connectivity index (χ4v) is 27.1. The molecule has 4 aliphatic heterocycles. The van der Waals surface area contributed by atoms with E-state index in [1.165, 1.54) is 41.1 Å². The third kappa shape index (κ3) is 11.8. The van der Waals surface area contributed by atoms with Gasteiger partial charge in [-0.15, -0.1) is 0 Å². The van der Waals surface area contributed by atoms with Crippen LogP contribution in [0.25, 0.3) is 182 Å². The number of carbonyl (C=O) groups excluding carboxylic acids is 8. The lowest BCUT2D eigenvalue weighted by molar-refractivity contribution is -0.147. The molecule has 0 spiro atoms. The van der Waals surface area contributed by atoms with E-state index < -0.39 is 47.7 Å². The molecular formula is C134H92N8O8. The van der Waals surface area contributed by atoms with E-state index in [2.05, 4.69) is 316 Å². The zero-order valence-corrected chi connectivity index (χ0v) is 83.1. The summed E-state index contributed by atoms with van der Waals surface area (Å²) in [6.07, 6.45) is 21.2. The van der Waals surface area contributed by atoms with Crippen LogP contribution in [0.1, 0.15) is 82.8 Å². The van der Waals surface area contributed by atoms with Crippen LogP contribution in [0.5, 0.6) is 0 Å². The lowest BCUT2D eigenvalue weighted by Crippen LogP contribution is -2.54. The standard InChI is InChI=1S/C134H92N8O8/c1-69(2)135-128(144)94-56-53-90-91-54-58-96-124-120(91)105(92-55-57-95(129(135)145)121(94)119(90)92)67-102(126(124)134(150)138(72(7)8)130(96)146)78-39-37-74(38-40-78)98-65-99(76-41-46-80(47-42-76)139-114-31-19-13-25-88(114)103-62-82(50-59-116(103)139)141-110-27-15-9-21-84(110)85-22-10-16-28-111(85)141)97(64-100(98)77-43-48-81(49-44-77)140-115-32-20-14-26-89(115)104-63-83(51-60-117(104)140)142-112-29-17-11-23-86(112)87-24-12-18-30-113(87)142)73-33-35-75(36-34-73)101-66-108-123-107(131(147)137(71(5)6)132(108)148)61-79-45-52-93-122-109(68-106(101)125(123)118(79)122)133(149)136(70(3)4)127(93)143/h9-72,96,108,118-119H,1-8H3. The zero-order chi connectivity index (χ0) is 101. The quantitative estimate of drug-likeness (QED) is 0.0969. The van der Waals surface area contributed by atoms with Crippen LogP contribution >= 0.6 is 0 Å². The van der Waals surface area contributed by atoms with Crippen molar-refractivity contribution in [2.75, 3.05) is 0 Å². The molecule has 0 saturated carbocycles. The largest absolute Gasteiger partial charge is 0.309 e. The summed E-state index contributed by atoms with van der Waals surface area (Å²) in [6, 6.07) is 105. The Morgan fingerprint density at radius 3 is 1.11 bits per heavy atom. The zero-order valence-electron chi connectivity index (χ0n) is 83.1. The molecule has 0 radical (unpaired) electrons. The third-order valence-electron chi connectivity index (χ3n) is 33.5. The molecule has 0 N–H and O–H groups in total. The summed E-state index contributed by atoms with van der Waals surface area (Å²) in [4.78, 5) is 126. The van der Waals surface area contributed by atoms with Gasteiger partial charge in [0.15, 0.2) is 0 Å². The van der Waals surface area contributed by atoms with Crippen molar-refractivity contribution in [1.29, 1.82) is 0 Å². The smallest absolute Gasteiger partial charge is 0.261 e. The average Bonchev–Trinajstić information content (AvgIpc) is 1.32. The lowest BCUT2D eigenvalue weighted by atomic mass is 9.59. The SMILES string of the molecule is CC(C)N1C(=O)C2=CC3=C4C5=C(C=C6C=CC(=C2C64)C1=O)C(=O)N(C(C)C)C(=O)C5C=C3c1ccc(-c2cc(-c3ccc(-n4c5ccccc5c5cc(-n6c7ccccc7c7ccccc76)ccc54)cc3)c(-c3ccc(-c4cc5c6c7c4C(=O)N(C(C)C)C(=O)C7C=CC=6C4=CC=C6C(=O)N(C(C)C)C(=O)C7=C6C4C=5C=C7)cc3)cc2-c2ccc(-n3c4ccccc4c4cc(-n5c6ccccc6c6ccccc65)ccc43)cc2)cc1. The van der Waals surface area contributed by atoms with Gasteiger partial charge >= 0.3 is 0 Å². The van der Waals surface area contributed by atoms with Crippen molar-refractivity contribution < 1.29 is 38.4 Å². The first-order chi connectivity index (χ1) is 73.1. The molecular weight excluding hydrogens is 1850 g/mol. The van der Waals surface area contributed by atoms with E-state index in [0.717, 1.165) is 194 Å². The van der Waals surface area contributed by atoms with Crippen molar-refractivity contribution in [3.05, 3.63) is 458 Å². The summed E-state index contributed by atoms with van der Waals surface area (Å²) >= 11 is 0. The van der Waals surface area contributed by atoms with Crippen molar-refractivity contribution in [2.45, 2.75) is 85.5 Å². The molecule has 0 saturated heterocycles.